The normalized spacial score (nSPS) is 19.7. The first kappa shape index (κ1) is 21.0. The summed E-state index contributed by atoms with van der Waals surface area (Å²) in [6, 6.07) is 17.2. The van der Waals surface area contributed by atoms with Gasteiger partial charge in [-0.1, -0.05) is 35.9 Å². The van der Waals surface area contributed by atoms with E-state index in [9.17, 15) is 18.4 Å². The molecule has 2 aliphatic heterocycles. The Morgan fingerprint density at radius 2 is 1.69 bits per heavy atom. The van der Waals surface area contributed by atoms with Gasteiger partial charge in [-0.25, -0.2) is 8.78 Å². The lowest BCUT2D eigenvalue weighted by atomic mass is 10.0. The highest BCUT2D eigenvalue weighted by Crippen LogP contribution is 2.54. The summed E-state index contributed by atoms with van der Waals surface area (Å²) in [6.07, 6.45) is 0. The van der Waals surface area contributed by atoms with Gasteiger partial charge in [0.15, 0.2) is 4.87 Å². The van der Waals surface area contributed by atoms with Crippen molar-refractivity contribution in [3.63, 3.8) is 0 Å². The summed E-state index contributed by atoms with van der Waals surface area (Å²) in [5, 5.41) is 0.507. The zero-order valence-corrected chi connectivity index (χ0v) is 18.3. The molecule has 0 saturated carbocycles. The lowest BCUT2D eigenvalue weighted by Gasteiger charge is -2.33. The maximum atomic E-state index is 14.4. The molecule has 0 aliphatic carbocycles. The Labute approximate surface area is 192 Å². The van der Waals surface area contributed by atoms with E-state index in [2.05, 4.69) is 0 Å². The summed E-state index contributed by atoms with van der Waals surface area (Å²) in [5.74, 6) is -1.56. The topological polar surface area (TPSA) is 40.6 Å². The summed E-state index contributed by atoms with van der Waals surface area (Å²) >= 11 is 7.32. The third kappa shape index (κ3) is 3.11. The number of fused-ring (bicyclic) bond motifs is 2. The van der Waals surface area contributed by atoms with E-state index in [0.29, 0.717) is 34.1 Å². The van der Waals surface area contributed by atoms with Crippen molar-refractivity contribution >= 4 is 40.9 Å². The van der Waals surface area contributed by atoms with Gasteiger partial charge in [-0.15, -0.1) is 11.8 Å². The van der Waals surface area contributed by atoms with Crippen molar-refractivity contribution in [3.8, 4) is 0 Å². The minimum absolute atomic E-state index is 0.189. The first-order valence-electron chi connectivity index (χ1n) is 9.99. The summed E-state index contributed by atoms with van der Waals surface area (Å²) in [7, 11) is 0. The van der Waals surface area contributed by atoms with Gasteiger partial charge in [-0.05, 0) is 42.5 Å². The minimum Gasteiger partial charge on any atom is -0.311 e. The highest BCUT2D eigenvalue weighted by Gasteiger charge is 2.59. The SMILES string of the molecule is O=C(c1ccc(Cl)cc1)N1CCS[C@]12C(=O)N(Cc1c(F)cccc1F)c1ccccc12. The zero-order valence-electron chi connectivity index (χ0n) is 16.7. The second kappa shape index (κ2) is 7.90. The molecule has 2 amide bonds. The predicted molar refractivity (Wildman–Crippen MR) is 121 cm³/mol. The molecule has 2 heterocycles. The zero-order chi connectivity index (χ0) is 22.5. The Morgan fingerprint density at radius 3 is 2.41 bits per heavy atom. The van der Waals surface area contributed by atoms with Gasteiger partial charge in [0.1, 0.15) is 11.6 Å². The van der Waals surface area contributed by atoms with Gasteiger partial charge >= 0.3 is 0 Å². The number of hydrogen-bond donors (Lipinski definition) is 0. The highest BCUT2D eigenvalue weighted by molar-refractivity contribution is 8.01. The molecule has 0 radical (unpaired) electrons. The first-order chi connectivity index (χ1) is 15.4. The quantitative estimate of drug-likeness (QED) is 0.528. The fourth-order valence-electron chi connectivity index (χ4n) is 4.31. The van der Waals surface area contributed by atoms with Crippen LogP contribution in [0.3, 0.4) is 0 Å². The number of carbonyl (C=O) groups excluding carboxylic acids is 2. The van der Waals surface area contributed by atoms with Crippen LogP contribution in [0, 0.1) is 11.6 Å². The Bertz CT molecular complexity index is 1220. The Hall–Kier alpha value is -2.90. The minimum atomic E-state index is -1.28. The van der Waals surface area contributed by atoms with Crippen molar-refractivity contribution in [1.29, 1.82) is 0 Å². The number of anilines is 1. The van der Waals surface area contributed by atoms with E-state index in [1.54, 1.807) is 53.4 Å². The smallest absolute Gasteiger partial charge is 0.268 e. The van der Waals surface area contributed by atoms with Crippen molar-refractivity contribution in [3.05, 3.63) is 100 Å². The molecule has 8 heteroatoms. The van der Waals surface area contributed by atoms with Gasteiger partial charge in [0, 0.05) is 34.0 Å². The Kier molecular flexibility index (Phi) is 5.18. The van der Waals surface area contributed by atoms with E-state index in [4.69, 9.17) is 11.6 Å². The van der Waals surface area contributed by atoms with E-state index in [1.165, 1.54) is 34.9 Å². The summed E-state index contributed by atoms with van der Waals surface area (Å²) < 4.78 is 28.8. The number of benzene rings is 3. The second-order valence-corrected chi connectivity index (χ2v) is 9.29. The molecular weight excluding hydrogens is 454 g/mol. The highest BCUT2D eigenvalue weighted by atomic mass is 35.5. The summed E-state index contributed by atoms with van der Waals surface area (Å²) in [4.78, 5) is 28.9. The monoisotopic (exact) mass is 470 g/mol. The van der Waals surface area contributed by atoms with Crippen LogP contribution in [0.5, 0.6) is 0 Å². The number of amides is 2. The maximum Gasteiger partial charge on any atom is 0.268 e. The van der Waals surface area contributed by atoms with Crippen molar-refractivity contribution in [2.75, 3.05) is 17.2 Å². The van der Waals surface area contributed by atoms with Crippen molar-refractivity contribution in [2.24, 2.45) is 0 Å². The molecule has 3 aromatic carbocycles. The van der Waals surface area contributed by atoms with Gasteiger partial charge in [-0.2, -0.15) is 0 Å². The maximum absolute atomic E-state index is 14.4. The van der Waals surface area contributed by atoms with Crippen LogP contribution in [-0.2, 0) is 16.2 Å². The second-order valence-electron chi connectivity index (χ2n) is 7.56. The molecule has 4 nitrogen and oxygen atoms in total. The van der Waals surface area contributed by atoms with Crippen LogP contribution in [0.25, 0.3) is 0 Å². The molecular formula is C24H17ClF2N2O2S. The third-order valence-corrected chi connectivity index (χ3v) is 7.49. The largest absolute Gasteiger partial charge is 0.311 e. The van der Waals surface area contributed by atoms with E-state index in [1.807, 2.05) is 0 Å². The predicted octanol–water partition coefficient (Wildman–Crippen LogP) is 5.21. The van der Waals surface area contributed by atoms with Crippen LogP contribution < -0.4 is 4.90 Å². The first-order valence-corrected chi connectivity index (χ1v) is 11.4. The molecule has 1 spiro atoms. The Morgan fingerprint density at radius 1 is 1.00 bits per heavy atom. The molecule has 2 aliphatic rings. The number of rotatable bonds is 3. The fourth-order valence-corrected chi connectivity index (χ4v) is 5.90. The van der Waals surface area contributed by atoms with Gasteiger partial charge in [0.05, 0.1) is 12.2 Å². The van der Waals surface area contributed by atoms with Gasteiger partial charge in [0.25, 0.3) is 11.8 Å². The molecule has 162 valence electrons. The number of para-hydroxylation sites is 1. The lowest BCUT2D eigenvalue weighted by molar-refractivity contribution is -0.123. The van der Waals surface area contributed by atoms with Crippen LogP contribution in [0.4, 0.5) is 14.5 Å². The number of carbonyl (C=O) groups is 2. The number of halogens is 3. The number of hydrogen-bond acceptors (Lipinski definition) is 3. The van der Waals surface area contributed by atoms with E-state index >= 15 is 0 Å². The molecule has 0 aromatic heterocycles. The van der Waals surface area contributed by atoms with Gasteiger partial charge in [-0.3, -0.25) is 9.59 Å². The van der Waals surface area contributed by atoms with Crippen LogP contribution in [-0.4, -0.2) is 29.0 Å². The van der Waals surface area contributed by atoms with Crippen LogP contribution in [0.15, 0.2) is 66.7 Å². The van der Waals surface area contributed by atoms with Crippen LogP contribution in [0.1, 0.15) is 21.5 Å². The molecule has 5 rings (SSSR count). The average Bonchev–Trinajstić information content (AvgIpc) is 3.33. The summed E-state index contributed by atoms with van der Waals surface area (Å²) in [6.45, 7) is 0.105. The molecule has 1 saturated heterocycles. The molecule has 0 unspecified atom stereocenters. The molecule has 32 heavy (non-hydrogen) atoms. The van der Waals surface area contributed by atoms with Crippen LogP contribution in [0.2, 0.25) is 5.02 Å². The molecule has 3 aromatic rings. The number of nitrogens with zero attached hydrogens (tertiary/aromatic N) is 2. The fraction of sp³-hybridized carbons (Fsp3) is 0.167. The van der Waals surface area contributed by atoms with Crippen molar-refractivity contribution in [1.82, 2.24) is 4.90 Å². The summed E-state index contributed by atoms with van der Waals surface area (Å²) in [5.41, 5.74) is 1.42. The lowest BCUT2D eigenvalue weighted by Crippen LogP contribution is -2.50. The molecule has 0 N–H and O–H groups in total. The molecule has 1 atom stereocenters. The van der Waals surface area contributed by atoms with E-state index < -0.39 is 16.5 Å². The van der Waals surface area contributed by atoms with Gasteiger partial charge in [0.2, 0.25) is 0 Å². The average molecular weight is 471 g/mol. The standard InChI is InChI=1S/C24H17ClF2N2O2S/c25-16-10-8-15(9-11-16)22(30)29-12-13-32-24(29)18-4-1-2-7-21(18)28(23(24)31)14-17-19(26)5-3-6-20(17)27/h1-11H,12-14H2/t24-/m1/s1. The Balaban J connectivity index is 1.59. The molecule has 0 bridgehead atoms. The third-order valence-electron chi connectivity index (χ3n) is 5.82. The van der Waals surface area contributed by atoms with E-state index in [-0.39, 0.29) is 23.9 Å². The molecule has 1 fully saturated rings. The van der Waals surface area contributed by atoms with Crippen molar-refractivity contribution in [2.45, 2.75) is 11.4 Å². The van der Waals surface area contributed by atoms with Gasteiger partial charge < -0.3 is 9.80 Å². The number of thioether (sulfide) groups is 1. The van der Waals surface area contributed by atoms with Crippen LogP contribution >= 0.6 is 23.4 Å². The van der Waals surface area contributed by atoms with Crippen molar-refractivity contribution < 1.29 is 18.4 Å². The van der Waals surface area contributed by atoms with E-state index in [0.717, 1.165) is 0 Å².